The van der Waals surface area contributed by atoms with E-state index < -0.39 is 15.9 Å². The first-order valence-corrected chi connectivity index (χ1v) is 14.0. The maximum atomic E-state index is 13.3. The molecule has 1 saturated heterocycles. The molecule has 3 aromatic rings. The van der Waals surface area contributed by atoms with Gasteiger partial charge in [0.25, 0.3) is 0 Å². The van der Waals surface area contributed by atoms with Gasteiger partial charge >= 0.3 is 0 Å². The molecule has 1 fully saturated rings. The number of hydrogen-bond acceptors (Lipinski definition) is 5. The summed E-state index contributed by atoms with van der Waals surface area (Å²) < 4.78 is 23.8. The van der Waals surface area contributed by atoms with E-state index >= 15 is 0 Å². The molecule has 2 heterocycles. The Balaban J connectivity index is 1.22. The predicted octanol–water partition coefficient (Wildman–Crippen LogP) is 3.34. The van der Waals surface area contributed by atoms with E-state index in [1.54, 1.807) is 0 Å². The first kappa shape index (κ1) is 23.6. The molecule has 0 aliphatic carbocycles. The molecule has 3 aromatic carbocycles. The molecular formula is C28H31N3O3S. The fourth-order valence-electron chi connectivity index (χ4n) is 4.99. The number of anilines is 1. The standard InChI is InChI=1S/C28H31N3O3S/c32-28(27(25-7-2-1-3-8-25)30-16-18-35(33,34)19-17-30)29-20-22-10-12-23(13-11-22)21-31-15-14-24-6-4-5-9-26(24)31/h1-13,27H,14-21H2,(H,29,32). The third-order valence-electron chi connectivity index (χ3n) is 6.95. The second kappa shape index (κ2) is 10.2. The van der Waals surface area contributed by atoms with Crippen LogP contribution in [0.3, 0.4) is 0 Å². The van der Waals surface area contributed by atoms with Gasteiger partial charge < -0.3 is 10.2 Å². The van der Waals surface area contributed by atoms with E-state index in [0.29, 0.717) is 19.6 Å². The number of fused-ring (bicyclic) bond motifs is 1. The zero-order valence-corrected chi connectivity index (χ0v) is 20.6. The third kappa shape index (κ3) is 5.57. The highest BCUT2D eigenvalue weighted by Gasteiger charge is 2.32. The van der Waals surface area contributed by atoms with Crippen LogP contribution in [0.1, 0.15) is 28.3 Å². The van der Waals surface area contributed by atoms with Crippen molar-refractivity contribution in [1.82, 2.24) is 10.2 Å². The van der Waals surface area contributed by atoms with E-state index in [-0.39, 0.29) is 17.4 Å². The van der Waals surface area contributed by atoms with E-state index in [2.05, 4.69) is 58.7 Å². The average molecular weight is 490 g/mol. The smallest absolute Gasteiger partial charge is 0.242 e. The summed E-state index contributed by atoms with van der Waals surface area (Å²) in [5.74, 6) is 0.0762. The van der Waals surface area contributed by atoms with Gasteiger partial charge in [-0.2, -0.15) is 0 Å². The molecule has 5 rings (SSSR count). The topological polar surface area (TPSA) is 69.7 Å². The van der Waals surface area contributed by atoms with E-state index in [1.807, 2.05) is 35.2 Å². The largest absolute Gasteiger partial charge is 0.367 e. The van der Waals surface area contributed by atoms with Gasteiger partial charge in [0.15, 0.2) is 9.84 Å². The highest BCUT2D eigenvalue weighted by molar-refractivity contribution is 7.91. The molecule has 2 aliphatic rings. The van der Waals surface area contributed by atoms with Gasteiger partial charge in [-0.25, -0.2) is 8.42 Å². The molecule has 0 spiro atoms. The monoisotopic (exact) mass is 489 g/mol. The number of rotatable bonds is 7. The van der Waals surface area contributed by atoms with Gasteiger partial charge in [-0.05, 0) is 34.7 Å². The first-order valence-electron chi connectivity index (χ1n) is 12.2. The van der Waals surface area contributed by atoms with Crippen LogP contribution >= 0.6 is 0 Å². The van der Waals surface area contributed by atoms with Crippen molar-refractivity contribution in [3.63, 3.8) is 0 Å². The summed E-state index contributed by atoms with van der Waals surface area (Å²) in [5.41, 5.74) is 5.89. The molecule has 1 unspecified atom stereocenters. The van der Waals surface area contributed by atoms with Crippen LogP contribution in [0.15, 0.2) is 78.9 Å². The Kier molecular flexibility index (Phi) is 6.88. The predicted molar refractivity (Wildman–Crippen MR) is 139 cm³/mol. The molecule has 1 amide bonds. The summed E-state index contributed by atoms with van der Waals surface area (Å²) in [6.07, 6.45) is 1.09. The van der Waals surface area contributed by atoms with Crippen molar-refractivity contribution in [1.29, 1.82) is 0 Å². The second-order valence-corrected chi connectivity index (χ2v) is 11.6. The van der Waals surface area contributed by atoms with Crippen molar-refractivity contribution in [3.8, 4) is 0 Å². The molecule has 182 valence electrons. The van der Waals surface area contributed by atoms with E-state index in [1.165, 1.54) is 16.8 Å². The molecule has 0 saturated carbocycles. The molecule has 1 N–H and O–H groups in total. The highest BCUT2D eigenvalue weighted by atomic mass is 32.2. The van der Waals surface area contributed by atoms with Gasteiger partial charge in [0.1, 0.15) is 6.04 Å². The molecule has 0 aromatic heterocycles. The fourth-order valence-corrected chi connectivity index (χ4v) is 6.22. The van der Waals surface area contributed by atoms with Crippen LogP contribution in [0.25, 0.3) is 0 Å². The van der Waals surface area contributed by atoms with Crippen LogP contribution in [0.4, 0.5) is 5.69 Å². The number of nitrogens with one attached hydrogen (secondary N) is 1. The lowest BCUT2D eigenvalue weighted by Gasteiger charge is -2.33. The highest BCUT2D eigenvalue weighted by Crippen LogP contribution is 2.29. The molecule has 1 atom stereocenters. The number of carbonyl (C=O) groups excluding carboxylic acids is 1. The third-order valence-corrected chi connectivity index (χ3v) is 8.56. The van der Waals surface area contributed by atoms with Gasteiger partial charge in [0, 0.05) is 38.4 Å². The van der Waals surface area contributed by atoms with Crippen LogP contribution < -0.4 is 10.2 Å². The van der Waals surface area contributed by atoms with Crippen LogP contribution in [-0.4, -0.2) is 50.4 Å². The lowest BCUT2D eigenvalue weighted by molar-refractivity contribution is -0.126. The zero-order chi connectivity index (χ0) is 24.3. The molecular weight excluding hydrogens is 458 g/mol. The quantitative estimate of drug-likeness (QED) is 0.551. The van der Waals surface area contributed by atoms with Crippen molar-refractivity contribution in [2.75, 3.05) is 36.0 Å². The average Bonchev–Trinajstić information content (AvgIpc) is 3.28. The molecule has 35 heavy (non-hydrogen) atoms. The number of benzene rings is 3. The van der Waals surface area contributed by atoms with Crippen molar-refractivity contribution in [3.05, 3.63) is 101 Å². The maximum absolute atomic E-state index is 13.3. The SMILES string of the molecule is O=C(NCc1ccc(CN2CCc3ccccc32)cc1)C(c1ccccc1)N1CCS(=O)(=O)CC1. The number of sulfone groups is 1. The van der Waals surface area contributed by atoms with Crippen LogP contribution in [0.2, 0.25) is 0 Å². The fraction of sp³-hybridized carbons (Fsp3) is 0.321. The summed E-state index contributed by atoms with van der Waals surface area (Å²) in [7, 11) is -3.02. The Labute approximate surface area is 207 Å². The molecule has 2 aliphatic heterocycles. The summed E-state index contributed by atoms with van der Waals surface area (Å²) >= 11 is 0. The van der Waals surface area contributed by atoms with Gasteiger partial charge in [-0.3, -0.25) is 9.69 Å². The van der Waals surface area contributed by atoms with Crippen LogP contribution in [-0.2, 0) is 34.1 Å². The number of amides is 1. The van der Waals surface area contributed by atoms with Gasteiger partial charge in [-0.15, -0.1) is 0 Å². The minimum Gasteiger partial charge on any atom is -0.367 e. The molecule has 0 radical (unpaired) electrons. The van der Waals surface area contributed by atoms with Gasteiger partial charge in [0.2, 0.25) is 5.91 Å². The Hall–Kier alpha value is -3.16. The normalized spacial score (nSPS) is 18.1. The van der Waals surface area contributed by atoms with E-state index in [4.69, 9.17) is 0 Å². The number of hydrogen-bond donors (Lipinski definition) is 1. The summed E-state index contributed by atoms with van der Waals surface area (Å²) in [4.78, 5) is 17.7. The molecule has 6 nitrogen and oxygen atoms in total. The van der Waals surface area contributed by atoms with Gasteiger partial charge in [0.05, 0.1) is 11.5 Å². The van der Waals surface area contributed by atoms with E-state index in [0.717, 1.165) is 30.6 Å². The molecule has 0 bridgehead atoms. The van der Waals surface area contributed by atoms with Crippen molar-refractivity contribution in [2.45, 2.75) is 25.6 Å². The second-order valence-electron chi connectivity index (χ2n) is 9.34. The zero-order valence-electron chi connectivity index (χ0n) is 19.8. The van der Waals surface area contributed by atoms with Crippen molar-refractivity contribution in [2.24, 2.45) is 0 Å². The van der Waals surface area contributed by atoms with Gasteiger partial charge in [-0.1, -0.05) is 72.8 Å². The van der Waals surface area contributed by atoms with Crippen molar-refractivity contribution >= 4 is 21.4 Å². The summed E-state index contributed by atoms with van der Waals surface area (Å²) in [5, 5.41) is 3.08. The van der Waals surface area contributed by atoms with Crippen LogP contribution in [0.5, 0.6) is 0 Å². The minimum atomic E-state index is -3.02. The van der Waals surface area contributed by atoms with E-state index in [9.17, 15) is 13.2 Å². The minimum absolute atomic E-state index is 0.0898. The van der Waals surface area contributed by atoms with Crippen LogP contribution in [0, 0.1) is 0 Å². The lowest BCUT2D eigenvalue weighted by atomic mass is 10.0. The summed E-state index contributed by atoms with van der Waals surface area (Å²) in [6, 6.07) is 26.1. The summed E-state index contributed by atoms with van der Waals surface area (Å²) in [6.45, 7) is 3.07. The Morgan fingerprint density at radius 1 is 0.829 bits per heavy atom. The Morgan fingerprint density at radius 3 is 2.23 bits per heavy atom. The number of nitrogens with zero attached hydrogens (tertiary/aromatic N) is 2. The first-order chi connectivity index (χ1) is 17.0. The maximum Gasteiger partial charge on any atom is 0.242 e. The van der Waals surface area contributed by atoms with Crippen molar-refractivity contribution < 1.29 is 13.2 Å². The number of carbonyl (C=O) groups is 1. The lowest BCUT2D eigenvalue weighted by Crippen LogP contribution is -2.47. The number of para-hydroxylation sites is 1. The Bertz CT molecular complexity index is 1260. The molecule has 7 heteroatoms. The Morgan fingerprint density at radius 2 is 1.49 bits per heavy atom.